The third kappa shape index (κ3) is 7.15. The molecule has 0 fully saturated rings. The predicted octanol–water partition coefficient (Wildman–Crippen LogP) is 1.95. The van der Waals surface area contributed by atoms with Crippen LogP contribution in [0.4, 0.5) is 0 Å². The SMILES string of the molecule is CC(C)C=CC=CC=O. The second-order valence-corrected chi connectivity index (χ2v) is 2.15. The highest BCUT2D eigenvalue weighted by atomic mass is 16.1. The van der Waals surface area contributed by atoms with Gasteiger partial charge in [-0.2, -0.15) is 0 Å². The second kappa shape index (κ2) is 5.29. The summed E-state index contributed by atoms with van der Waals surface area (Å²) >= 11 is 0. The molecule has 0 radical (unpaired) electrons. The van der Waals surface area contributed by atoms with Gasteiger partial charge in [0.15, 0.2) is 0 Å². The Morgan fingerprint density at radius 1 is 1.11 bits per heavy atom. The van der Waals surface area contributed by atoms with Crippen molar-refractivity contribution in [2.45, 2.75) is 13.8 Å². The minimum atomic E-state index is 0.557. The van der Waals surface area contributed by atoms with Gasteiger partial charge in [0.25, 0.3) is 0 Å². The molecule has 0 rings (SSSR count). The molecule has 0 aliphatic rings. The molecule has 9 heavy (non-hydrogen) atoms. The molecule has 0 saturated carbocycles. The Bertz CT molecular complexity index is 121. The minimum absolute atomic E-state index is 0.557. The molecule has 50 valence electrons. The van der Waals surface area contributed by atoms with E-state index in [4.69, 9.17) is 0 Å². The van der Waals surface area contributed by atoms with Gasteiger partial charge in [-0.15, -0.1) is 0 Å². The van der Waals surface area contributed by atoms with Crippen LogP contribution < -0.4 is 0 Å². The van der Waals surface area contributed by atoms with E-state index in [9.17, 15) is 4.79 Å². The Hall–Kier alpha value is -0.850. The lowest BCUT2D eigenvalue weighted by molar-refractivity contribution is -0.104. The van der Waals surface area contributed by atoms with E-state index in [1.54, 1.807) is 6.08 Å². The summed E-state index contributed by atoms with van der Waals surface area (Å²) in [6.45, 7) is 4.18. The topological polar surface area (TPSA) is 17.1 Å². The number of hydrogen-bond acceptors (Lipinski definition) is 1. The van der Waals surface area contributed by atoms with Gasteiger partial charge in [-0.3, -0.25) is 4.79 Å². The van der Waals surface area contributed by atoms with Crippen molar-refractivity contribution in [1.82, 2.24) is 0 Å². The summed E-state index contributed by atoms with van der Waals surface area (Å²) in [4.78, 5) is 9.73. The number of hydrogen-bond donors (Lipinski definition) is 0. The standard InChI is InChI=1S/C8H12O/c1-8(2)6-4-3-5-7-9/h3-8H,1-2H3. The fourth-order valence-electron chi connectivity index (χ4n) is 0.396. The molecule has 0 N–H and O–H groups in total. The molecule has 0 saturated heterocycles. The van der Waals surface area contributed by atoms with Gasteiger partial charge in [0, 0.05) is 0 Å². The molecule has 0 spiro atoms. The highest BCUT2D eigenvalue weighted by molar-refractivity contribution is 5.65. The Balaban J connectivity index is 3.46. The molecule has 0 aromatic heterocycles. The van der Waals surface area contributed by atoms with Crippen LogP contribution >= 0.6 is 0 Å². The molecular formula is C8H12O. The van der Waals surface area contributed by atoms with Crippen molar-refractivity contribution in [3.05, 3.63) is 24.3 Å². The third-order valence-corrected chi connectivity index (χ3v) is 0.797. The molecule has 0 aliphatic heterocycles. The largest absolute Gasteiger partial charge is 0.299 e. The number of allylic oxidation sites excluding steroid dienone is 4. The van der Waals surface area contributed by atoms with E-state index in [2.05, 4.69) is 13.8 Å². The van der Waals surface area contributed by atoms with E-state index in [0.29, 0.717) is 5.92 Å². The summed E-state index contributed by atoms with van der Waals surface area (Å²) in [6.07, 6.45) is 7.87. The first kappa shape index (κ1) is 8.15. The van der Waals surface area contributed by atoms with E-state index < -0.39 is 0 Å². The molecule has 0 amide bonds. The molecular weight excluding hydrogens is 112 g/mol. The molecule has 1 nitrogen and oxygen atoms in total. The van der Waals surface area contributed by atoms with Gasteiger partial charge in [-0.05, 0) is 12.0 Å². The summed E-state index contributed by atoms with van der Waals surface area (Å²) in [5, 5.41) is 0. The van der Waals surface area contributed by atoms with Crippen molar-refractivity contribution < 1.29 is 4.79 Å². The predicted molar refractivity (Wildman–Crippen MR) is 39.2 cm³/mol. The smallest absolute Gasteiger partial charge is 0.142 e. The lowest BCUT2D eigenvalue weighted by Gasteiger charge is -1.87. The first-order valence-corrected chi connectivity index (χ1v) is 3.06. The lowest BCUT2D eigenvalue weighted by Crippen LogP contribution is -1.74. The normalized spacial score (nSPS) is 11.9. The second-order valence-electron chi connectivity index (χ2n) is 2.15. The average Bonchev–Trinajstić information content (AvgIpc) is 1.80. The van der Waals surface area contributed by atoms with Gasteiger partial charge < -0.3 is 0 Å². The van der Waals surface area contributed by atoms with Crippen molar-refractivity contribution in [3.63, 3.8) is 0 Å². The van der Waals surface area contributed by atoms with E-state index >= 15 is 0 Å². The number of aldehydes is 1. The van der Waals surface area contributed by atoms with Crippen LogP contribution in [0.15, 0.2) is 24.3 Å². The van der Waals surface area contributed by atoms with Crippen LogP contribution in [0.1, 0.15) is 13.8 Å². The van der Waals surface area contributed by atoms with Crippen LogP contribution in [0.25, 0.3) is 0 Å². The van der Waals surface area contributed by atoms with Gasteiger partial charge in [-0.1, -0.05) is 32.1 Å². The molecule has 0 bridgehead atoms. The van der Waals surface area contributed by atoms with Crippen LogP contribution in [-0.4, -0.2) is 6.29 Å². The van der Waals surface area contributed by atoms with Crippen LogP contribution in [0.5, 0.6) is 0 Å². The van der Waals surface area contributed by atoms with E-state index in [1.807, 2.05) is 12.2 Å². The number of carbonyl (C=O) groups is 1. The fraction of sp³-hybridized carbons (Fsp3) is 0.375. The molecule has 0 atom stereocenters. The zero-order valence-electron chi connectivity index (χ0n) is 5.87. The summed E-state index contributed by atoms with van der Waals surface area (Å²) in [6, 6.07) is 0. The number of rotatable bonds is 3. The van der Waals surface area contributed by atoms with E-state index in [0.717, 1.165) is 6.29 Å². The van der Waals surface area contributed by atoms with Gasteiger partial charge in [0.05, 0.1) is 0 Å². The van der Waals surface area contributed by atoms with E-state index in [-0.39, 0.29) is 0 Å². The molecule has 1 heteroatoms. The van der Waals surface area contributed by atoms with Gasteiger partial charge >= 0.3 is 0 Å². The van der Waals surface area contributed by atoms with Crippen molar-refractivity contribution >= 4 is 6.29 Å². The number of carbonyl (C=O) groups excluding carboxylic acids is 1. The molecule has 0 aromatic carbocycles. The summed E-state index contributed by atoms with van der Waals surface area (Å²) in [5.41, 5.74) is 0. The minimum Gasteiger partial charge on any atom is -0.299 e. The highest BCUT2D eigenvalue weighted by Crippen LogP contribution is 1.92. The summed E-state index contributed by atoms with van der Waals surface area (Å²) < 4.78 is 0. The maximum atomic E-state index is 9.73. The average molecular weight is 124 g/mol. The highest BCUT2D eigenvalue weighted by Gasteiger charge is 1.78. The Kier molecular flexibility index (Phi) is 4.79. The molecule has 0 heterocycles. The van der Waals surface area contributed by atoms with E-state index in [1.165, 1.54) is 6.08 Å². The summed E-state index contributed by atoms with van der Waals surface area (Å²) in [5.74, 6) is 0.557. The van der Waals surface area contributed by atoms with Gasteiger partial charge in [0.2, 0.25) is 0 Å². The fourth-order valence-corrected chi connectivity index (χ4v) is 0.396. The first-order valence-electron chi connectivity index (χ1n) is 3.06. The van der Waals surface area contributed by atoms with Crippen molar-refractivity contribution in [2.24, 2.45) is 5.92 Å². The van der Waals surface area contributed by atoms with Crippen molar-refractivity contribution in [1.29, 1.82) is 0 Å². The van der Waals surface area contributed by atoms with Crippen molar-refractivity contribution in [3.8, 4) is 0 Å². The molecule has 0 unspecified atom stereocenters. The van der Waals surface area contributed by atoms with Crippen LogP contribution in [-0.2, 0) is 4.79 Å². The maximum absolute atomic E-state index is 9.73. The van der Waals surface area contributed by atoms with Crippen molar-refractivity contribution in [2.75, 3.05) is 0 Å². The summed E-state index contributed by atoms with van der Waals surface area (Å²) in [7, 11) is 0. The monoisotopic (exact) mass is 124 g/mol. The lowest BCUT2D eigenvalue weighted by atomic mass is 10.2. The quantitative estimate of drug-likeness (QED) is 0.319. The first-order chi connectivity index (χ1) is 4.27. The van der Waals surface area contributed by atoms with Gasteiger partial charge in [0.1, 0.15) is 6.29 Å². The Morgan fingerprint density at radius 3 is 2.22 bits per heavy atom. The molecule has 0 aromatic rings. The van der Waals surface area contributed by atoms with Crippen LogP contribution in [0.2, 0.25) is 0 Å². The zero-order chi connectivity index (χ0) is 7.11. The van der Waals surface area contributed by atoms with Crippen LogP contribution in [0, 0.1) is 5.92 Å². The third-order valence-electron chi connectivity index (χ3n) is 0.797. The Labute approximate surface area is 56.1 Å². The van der Waals surface area contributed by atoms with Crippen LogP contribution in [0.3, 0.4) is 0 Å². The zero-order valence-corrected chi connectivity index (χ0v) is 5.87. The molecule has 0 aliphatic carbocycles. The maximum Gasteiger partial charge on any atom is 0.142 e. The Morgan fingerprint density at radius 2 is 1.78 bits per heavy atom. The van der Waals surface area contributed by atoms with Gasteiger partial charge in [-0.25, -0.2) is 0 Å².